The van der Waals surface area contributed by atoms with Crippen molar-refractivity contribution in [3.05, 3.63) is 39.9 Å². The first-order chi connectivity index (χ1) is 10.8. The fraction of sp³-hybridized carbons (Fsp3) is 0.294. The Morgan fingerprint density at radius 2 is 2.00 bits per heavy atom. The third kappa shape index (κ3) is 2.52. The summed E-state index contributed by atoms with van der Waals surface area (Å²) in [5, 5.41) is 4.74. The van der Waals surface area contributed by atoms with E-state index >= 15 is 0 Å². The number of anilines is 1. The highest BCUT2D eigenvalue weighted by atomic mass is 79.9. The number of nitrogens with zero attached hydrogens (tertiary/aromatic N) is 2. The second-order valence-electron chi connectivity index (χ2n) is 5.58. The van der Waals surface area contributed by atoms with Crippen molar-refractivity contribution < 1.29 is 0 Å². The normalized spacial score (nSPS) is 14.5. The topological polar surface area (TPSA) is 37.8 Å². The molecule has 0 atom stereocenters. The van der Waals surface area contributed by atoms with E-state index in [1.165, 1.54) is 34.2 Å². The molecule has 1 aliphatic rings. The summed E-state index contributed by atoms with van der Waals surface area (Å²) in [5.74, 6) is 0.987. The lowest BCUT2D eigenvalue weighted by molar-refractivity contribution is 1.11. The van der Waals surface area contributed by atoms with Crippen LogP contribution in [0.2, 0.25) is 0 Å². The Morgan fingerprint density at radius 1 is 1.23 bits per heavy atom. The van der Waals surface area contributed by atoms with Gasteiger partial charge in [0, 0.05) is 21.0 Å². The summed E-state index contributed by atoms with van der Waals surface area (Å²) in [7, 11) is 0. The number of rotatable bonds is 4. The van der Waals surface area contributed by atoms with Gasteiger partial charge in [-0.25, -0.2) is 9.97 Å². The van der Waals surface area contributed by atoms with Crippen LogP contribution in [0.25, 0.3) is 21.3 Å². The van der Waals surface area contributed by atoms with Crippen LogP contribution in [0.5, 0.6) is 0 Å². The maximum atomic E-state index is 4.51. The van der Waals surface area contributed by atoms with Gasteiger partial charge in [0.2, 0.25) is 0 Å². The number of aromatic nitrogens is 2. The highest BCUT2D eigenvalue weighted by Gasteiger charge is 2.24. The van der Waals surface area contributed by atoms with E-state index < -0.39 is 0 Å². The number of aryl methyl sites for hydroxylation is 1. The monoisotopic (exact) mass is 373 g/mol. The van der Waals surface area contributed by atoms with E-state index in [0.29, 0.717) is 6.04 Å². The number of fused-ring (bicyclic) bond motifs is 1. The van der Waals surface area contributed by atoms with E-state index in [4.69, 9.17) is 0 Å². The van der Waals surface area contributed by atoms with E-state index in [0.717, 1.165) is 21.5 Å². The predicted molar refractivity (Wildman–Crippen MR) is 96.6 cm³/mol. The smallest absolute Gasteiger partial charge is 0.139 e. The van der Waals surface area contributed by atoms with Crippen molar-refractivity contribution in [3.63, 3.8) is 0 Å². The molecule has 2 heterocycles. The number of thiophene rings is 1. The lowest BCUT2D eigenvalue weighted by Gasteiger charge is -2.08. The van der Waals surface area contributed by atoms with Crippen molar-refractivity contribution in [2.24, 2.45) is 0 Å². The Balaban J connectivity index is 1.95. The maximum Gasteiger partial charge on any atom is 0.139 e. The summed E-state index contributed by atoms with van der Waals surface area (Å²) in [5.41, 5.74) is 2.53. The summed E-state index contributed by atoms with van der Waals surface area (Å²) in [6.07, 6.45) is 5.16. The highest BCUT2D eigenvalue weighted by Crippen LogP contribution is 2.42. The Labute approximate surface area is 141 Å². The molecule has 0 bridgehead atoms. The SMILES string of the molecule is CCc1sc2ncnc(NC3CC3)c2c1-c1ccc(Br)cc1. The van der Waals surface area contributed by atoms with Gasteiger partial charge in [0.25, 0.3) is 0 Å². The quantitative estimate of drug-likeness (QED) is 0.677. The molecule has 1 saturated carbocycles. The van der Waals surface area contributed by atoms with Gasteiger partial charge in [0.15, 0.2) is 0 Å². The lowest BCUT2D eigenvalue weighted by atomic mass is 10.0. The third-order valence-electron chi connectivity index (χ3n) is 3.93. The summed E-state index contributed by atoms with van der Waals surface area (Å²) >= 11 is 5.30. The van der Waals surface area contributed by atoms with Crippen LogP contribution in [-0.4, -0.2) is 16.0 Å². The molecule has 0 radical (unpaired) electrons. The minimum Gasteiger partial charge on any atom is -0.367 e. The van der Waals surface area contributed by atoms with Gasteiger partial charge in [0.1, 0.15) is 17.0 Å². The van der Waals surface area contributed by atoms with Crippen LogP contribution in [-0.2, 0) is 6.42 Å². The number of hydrogen-bond donors (Lipinski definition) is 1. The molecule has 5 heteroatoms. The first kappa shape index (κ1) is 14.2. The number of halogens is 1. The maximum absolute atomic E-state index is 4.51. The second kappa shape index (κ2) is 5.63. The summed E-state index contributed by atoms with van der Waals surface area (Å²) in [6, 6.07) is 9.10. The van der Waals surface area contributed by atoms with Gasteiger partial charge in [0.05, 0.1) is 5.39 Å². The van der Waals surface area contributed by atoms with E-state index in [9.17, 15) is 0 Å². The first-order valence-corrected chi connectivity index (χ1v) is 9.16. The van der Waals surface area contributed by atoms with Gasteiger partial charge in [-0.05, 0) is 37.0 Å². The van der Waals surface area contributed by atoms with E-state index in [1.54, 1.807) is 17.7 Å². The second-order valence-corrected chi connectivity index (χ2v) is 7.58. The Hall–Kier alpha value is -1.46. The molecule has 4 rings (SSSR count). The Bertz CT molecular complexity index is 822. The number of nitrogens with one attached hydrogen (secondary N) is 1. The summed E-state index contributed by atoms with van der Waals surface area (Å²) in [4.78, 5) is 11.5. The summed E-state index contributed by atoms with van der Waals surface area (Å²) in [6.45, 7) is 2.20. The molecule has 1 N–H and O–H groups in total. The lowest BCUT2D eigenvalue weighted by Crippen LogP contribution is -2.03. The zero-order valence-corrected chi connectivity index (χ0v) is 14.7. The average molecular weight is 374 g/mol. The molecule has 2 aromatic heterocycles. The van der Waals surface area contributed by atoms with Crippen molar-refractivity contribution >= 4 is 43.3 Å². The molecule has 0 spiro atoms. The average Bonchev–Trinajstić information content (AvgIpc) is 3.26. The summed E-state index contributed by atoms with van der Waals surface area (Å²) < 4.78 is 1.10. The van der Waals surface area contributed by atoms with Gasteiger partial charge in [-0.3, -0.25) is 0 Å². The van der Waals surface area contributed by atoms with Crippen molar-refractivity contribution in [1.29, 1.82) is 0 Å². The van der Waals surface area contributed by atoms with Gasteiger partial charge >= 0.3 is 0 Å². The third-order valence-corrected chi connectivity index (χ3v) is 5.70. The van der Waals surface area contributed by atoms with Crippen molar-refractivity contribution in [2.75, 3.05) is 5.32 Å². The van der Waals surface area contributed by atoms with Crippen LogP contribution in [0.1, 0.15) is 24.6 Å². The first-order valence-electron chi connectivity index (χ1n) is 7.55. The van der Waals surface area contributed by atoms with Crippen LogP contribution in [0.15, 0.2) is 35.1 Å². The zero-order valence-electron chi connectivity index (χ0n) is 12.3. The van der Waals surface area contributed by atoms with Crippen LogP contribution in [0.3, 0.4) is 0 Å². The van der Waals surface area contributed by atoms with E-state index in [-0.39, 0.29) is 0 Å². The predicted octanol–water partition coefficient (Wildman–Crippen LogP) is 5.26. The van der Waals surface area contributed by atoms with Crippen molar-refractivity contribution in [3.8, 4) is 11.1 Å². The van der Waals surface area contributed by atoms with E-state index in [1.807, 2.05) is 0 Å². The van der Waals surface area contributed by atoms with Gasteiger partial charge in [-0.15, -0.1) is 11.3 Å². The largest absolute Gasteiger partial charge is 0.367 e. The van der Waals surface area contributed by atoms with Crippen LogP contribution >= 0.6 is 27.3 Å². The fourth-order valence-electron chi connectivity index (χ4n) is 2.68. The highest BCUT2D eigenvalue weighted by molar-refractivity contribution is 9.10. The molecule has 1 aliphatic carbocycles. The fourth-order valence-corrected chi connectivity index (χ4v) is 4.05. The molecule has 1 aromatic carbocycles. The Kier molecular flexibility index (Phi) is 3.62. The van der Waals surface area contributed by atoms with Gasteiger partial charge in [-0.1, -0.05) is 35.0 Å². The molecule has 0 unspecified atom stereocenters. The standard InChI is InChI=1S/C17H16BrN3S/c1-2-13-14(10-3-5-11(18)6-4-10)15-16(21-12-7-8-12)19-9-20-17(15)22-13/h3-6,9,12H,2,7-8H2,1H3,(H,19,20,21). The molecule has 1 fully saturated rings. The number of hydrogen-bond acceptors (Lipinski definition) is 4. The van der Waals surface area contributed by atoms with Crippen LogP contribution < -0.4 is 5.32 Å². The number of benzene rings is 1. The molecular weight excluding hydrogens is 358 g/mol. The van der Waals surface area contributed by atoms with Crippen LogP contribution in [0.4, 0.5) is 5.82 Å². The van der Waals surface area contributed by atoms with Gasteiger partial charge < -0.3 is 5.32 Å². The van der Waals surface area contributed by atoms with Crippen molar-refractivity contribution in [1.82, 2.24) is 9.97 Å². The van der Waals surface area contributed by atoms with Crippen LogP contribution in [0, 0.1) is 0 Å². The molecule has 3 nitrogen and oxygen atoms in total. The molecule has 0 aliphatic heterocycles. The Morgan fingerprint density at radius 3 is 2.68 bits per heavy atom. The van der Waals surface area contributed by atoms with Gasteiger partial charge in [-0.2, -0.15) is 0 Å². The molecule has 112 valence electrons. The zero-order chi connectivity index (χ0) is 15.1. The minimum atomic E-state index is 0.584. The van der Waals surface area contributed by atoms with E-state index in [2.05, 4.69) is 62.4 Å². The molecule has 22 heavy (non-hydrogen) atoms. The van der Waals surface area contributed by atoms with Crippen molar-refractivity contribution in [2.45, 2.75) is 32.2 Å². The minimum absolute atomic E-state index is 0.584. The molecular formula is C17H16BrN3S. The molecule has 0 saturated heterocycles. The molecule has 0 amide bonds. The molecule has 3 aromatic rings.